The number of alkyl halides is 2. The molecule has 0 aliphatic carbocycles. The molecule has 3 aromatic rings. The van der Waals surface area contributed by atoms with Gasteiger partial charge in [0.2, 0.25) is 18.3 Å². The second kappa shape index (κ2) is 9.72. The second-order valence-corrected chi connectivity index (χ2v) is 6.62. The summed E-state index contributed by atoms with van der Waals surface area (Å²) >= 11 is 0. The zero-order chi connectivity index (χ0) is 21.7. The highest BCUT2D eigenvalue weighted by Crippen LogP contribution is 2.27. The molecule has 0 saturated carbocycles. The maximum atomic E-state index is 14.0. The van der Waals surface area contributed by atoms with E-state index in [1.54, 1.807) is 0 Å². The van der Waals surface area contributed by atoms with Crippen molar-refractivity contribution in [3.8, 4) is 17.3 Å². The van der Waals surface area contributed by atoms with Crippen LogP contribution < -0.4 is 10.5 Å². The number of anilines is 1. The predicted molar refractivity (Wildman–Crippen MR) is 103 cm³/mol. The third kappa shape index (κ3) is 5.16. The topological polar surface area (TPSA) is 108 Å². The monoisotopic (exact) mass is 425 g/mol. The van der Waals surface area contributed by atoms with E-state index in [2.05, 4.69) is 15.1 Å². The average Bonchev–Trinajstić information content (AvgIpc) is 3.04. The van der Waals surface area contributed by atoms with E-state index < -0.39 is 18.7 Å². The number of nitrogens with zero attached hydrogens (tertiary/aromatic N) is 4. The normalized spacial score (nSPS) is 16.4. The second-order valence-electron chi connectivity index (χ2n) is 6.62. The minimum absolute atomic E-state index is 0.0318. The van der Waals surface area contributed by atoms with Gasteiger partial charge in [0.25, 0.3) is 0 Å². The van der Waals surface area contributed by atoms with Crippen LogP contribution in [0.1, 0.15) is 18.4 Å². The van der Waals surface area contributed by atoms with Crippen LogP contribution in [-0.4, -0.2) is 57.5 Å². The van der Waals surface area contributed by atoms with Gasteiger partial charge in [0.05, 0.1) is 37.4 Å². The molecule has 11 heteroatoms. The molecule has 3 N–H and O–H groups in total. The Kier molecular flexibility index (Phi) is 7.06. The molecule has 0 spiro atoms. The Morgan fingerprint density at radius 2 is 2.20 bits per heavy atom. The van der Waals surface area contributed by atoms with Gasteiger partial charge in [0, 0.05) is 24.7 Å². The lowest BCUT2D eigenvalue weighted by Crippen LogP contribution is -2.21. The van der Waals surface area contributed by atoms with Crippen molar-refractivity contribution in [3.63, 3.8) is 0 Å². The summed E-state index contributed by atoms with van der Waals surface area (Å²) in [5, 5.41) is 12.7. The van der Waals surface area contributed by atoms with Crippen LogP contribution >= 0.6 is 0 Å². The van der Waals surface area contributed by atoms with Gasteiger partial charge in [-0.15, -0.1) is 5.10 Å². The molecule has 0 radical (unpaired) electrons. The lowest BCUT2D eigenvalue weighted by Gasteiger charge is -2.15. The van der Waals surface area contributed by atoms with Crippen molar-refractivity contribution in [3.05, 3.63) is 35.8 Å². The number of nitrogen functional groups attached to an aromatic ring is 1. The van der Waals surface area contributed by atoms with Gasteiger partial charge < -0.3 is 20.3 Å². The highest BCUT2D eigenvalue weighted by atomic mass is 19.3. The summed E-state index contributed by atoms with van der Waals surface area (Å²) in [6, 6.07) is 4.19. The average molecular weight is 425 g/mol. The Labute approximate surface area is 170 Å². The van der Waals surface area contributed by atoms with E-state index in [-0.39, 0.29) is 29.0 Å². The molecule has 162 valence electrons. The molecule has 1 aliphatic heterocycles. The molecule has 8 nitrogen and oxygen atoms in total. The molecule has 1 saturated heterocycles. The van der Waals surface area contributed by atoms with Gasteiger partial charge in [0.1, 0.15) is 5.52 Å². The van der Waals surface area contributed by atoms with E-state index in [1.807, 2.05) is 0 Å². The molecule has 3 aromatic heterocycles. The van der Waals surface area contributed by atoms with Crippen LogP contribution in [0.3, 0.4) is 0 Å². The van der Waals surface area contributed by atoms with E-state index in [0.717, 1.165) is 19.4 Å². The number of aromatic nitrogens is 4. The van der Waals surface area contributed by atoms with Gasteiger partial charge >= 0.3 is 0 Å². The van der Waals surface area contributed by atoms with E-state index in [0.29, 0.717) is 18.0 Å². The Morgan fingerprint density at radius 3 is 2.80 bits per heavy atom. The largest absolute Gasteiger partial charge is 0.481 e. The highest BCUT2D eigenvalue weighted by Gasteiger charge is 2.17. The van der Waals surface area contributed by atoms with Crippen molar-refractivity contribution >= 4 is 11.5 Å². The molecule has 4 heterocycles. The zero-order valence-corrected chi connectivity index (χ0v) is 16.3. The highest BCUT2D eigenvalue weighted by molar-refractivity contribution is 5.65. The van der Waals surface area contributed by atoms with Crippen LogP contribution in [-0.2, 0) is 11.2 Å². The summed E-state index contributed by atoms with van der Waals surface area (Å²) in [6.45, 7) is 1.37. The third-order valence-electron chi connectivity index (χ3n) is 4.39. The molecule has 1 fully saturated rings. The quantitative estimate of drug-likeness (QED) is 0.661. The van der Waals surface area contributed by atoms with Gasteiger partial charge in [-0.25, -0.2) is 27.7 Å². The predicted octanol–water partition coefficient (Wildman–Crippen LogP) is 2.49. The molecule has 1 unspecified atom stereocenters. The summed E-state index contributed by atoms with van der Waals surface area (Å²) in [5.74, 6) is -0.520. The van der Waals surface area contributed by atoms with Crippen LogP contribution in [0.4, 0.5) is 19.1 Å². The first-order valence-corrected chi connectivity index (χ1v) is 9.27. The molecule has 1 aliphatic rings. The standard InChI is InChI=1S/C14H12F3N5O.C5H10O2/c1-23-13-7(4-12(16)17)2-3-9(20-13)10-5-8(15)11-6-19-14(18)21-22(10)11;6-5-2-1-3-7-4-5/h2-3,5-6,12H,4H2,1H3,(H2,18,21);5-6H,1-4H2. The number of aliphatic hydroxyl groups is 1. The summed E-state index contributed by atoms with van der Waals surface area (Å²) in [6.07, 6.45) is 0.00366. The van der Waals surface area contributed by atoms with Crippen LogP contribution in [0.5, 0.6) is 5.88 Å². The molecule has 0 bridgehead atoms. The van der Waals surface area contributed by atoms with E-state index >= 15 is 0 Å². The number of ether oxygens (including phenoxy) is 2. The number of fused-ring (bicyclic) bond motifs is 1. The van der Waals surface area contributed by atoms with Gasteiger partial charge in [-0.2, -0.15) is 0 Å². The lowest BCUT2D eigenvalue weighted by atomic mass is 10.1. The molecular weight excluding hydrogens is 403 g/mol. The Bertz CT molecular complexity index is 993. The van der Waals surface area contributed by atoms with Gasteiger partial charge in [-0.3, -0.25) is 0 Å². The zero-order valence-electron chi connectivity index (χ0n) is 16.3. The van der Waals surface area contributed by atoms with E-state index in [1.165, 1.54) is 36.0 Å². The molecule has 30 heavy (non-hydrogen) atoms. The number of hydrogen-bond acceptors (Lipinski definition) is 7. The summed E-state index contributed by atoms with van der Waals surface area (Å²) in [4.78, 5) is 7.90. The minimum atomic E-state index is -2.52. The fourth-order valence-electron chi connectivity index (χ4n) is 2.98. The Balaban J connectivity index is 0.000000310. The number of nitrogens with two attached hydrogens (primary N) is 1. The Morgan fingerprint density at radius 1 is 1.40 bits per heavy atom. The first-order chi connectivity index (χ1) is 14.4. The van der Waals surface area contributed by atoms with Crippen molar-refractivity contribution < 1.29 is 27.8 Å². The van der Waals surface area contributed by atoms with Crippen molar-refractivity contribution in [2.75, 3.05) is 26.1 Å². The lowest BCUT2D eigenvalue weighted by molar-refractivity contribution is -0.00535. The minimum Gasteiger partial charge on any atom is -0.481 e. The smallest absolute Gasteiger partial charge is 0.242 e. The molecule has 0 aromatic carbocycles. The third-order valence-corrected chi connectivity index (χ3v) is 4.39. The van der Waals surface area contributed by atoms with Gasteiger partial charge in [-0.1, -0.05) is 6.07 Å². The number of pyridine rings is 1. The summed E-state index contributed by atoms with van der Waals surface area (Å²) in [5.41, 5.74) is 6.55. The molecule has 4 rings (SSSR count). The first-order valence-electron chi connectivity index (χ1n) is 9.27. The van der Waals surface area contributed by atoms with Crippen LogP contribution in [0.2, 0.25) is 0 Å². The van der Waals surface area contributed by atoms with Gasteiger partial charge in [0.15, 0.2) is 5.82 Å². The number of hydrogen-bond donors (Lipinski definition) is 2. The van der Waals surface area contributed by atoms with E-state index in [9.17, 15) is 13.2 Å². The molecule has 1 atom stereocenters. The van der Waals surface area contributed by atoms with Crippen molar-refractivity contribution in [2.24, 2.45) is 0 Å². The van der Waals surface area contributed by atoms with Crippen molar-refractivity contribution in [2.45, 2.75) is 31.8 Å². The van der Waals surface area contributed by atoms with Crippen LogP contribution in [0.25, 0.3) is 16.9 Å². The van der Waals surface area contributed by atoms with Crippen LogP contribution in [0, 0.1) is 5.82 Å². The number of methoxy groups -OCH3 is 1. The first kappa shape index (κ1) is 21.8. The molecular formula is C19H22F3N5O3. The summed E-state index contributed by atoms with van der Waals surface area (Å²) in [7, 11) is 1.33. The number of rotatable bonds is 4. The van der Waals surface area contributed by atoms with E-state index in [4.69, 9.17) is 20.3 Å². The van der Waals surface area contributed by atoms with Crippen LogP contribution in [0.15, 0.2) is 24.4 Å². The van der Waals surface area contributed by atoms with Crippen molar-refractivity contribution in [1.82, 2.24) is 19.6 Å². The van der Waals surface area contributed by atoms with Crippen molar-refractivity contribution in [1.29, 1.82) is 0 Å². The fraction of sp³-hybridized carbons (Fsp3) is 0.421. The Hall–Kier alpha value is -2.92. The fourth-order valence-corrected chi connectivity index (χ4v) is 2.98. The summed E-state index contributed by atoms with van der Waals surface area (Å²) < 4.78 is 50.3. The number of aliphatic hydroxyl groups excluding tert-OH is 1. The molecule has 0 amide bonds. The SMILES string of the molecule is COc1nc(-c2cc(F)c3cnc(N)nn23)ccc1CC(F)F.OC1CCCOC1. The maximum Gasteiger partial charge on any atom is 0.242 e. The van der Waals surface area contributed by atoms with Gasteiger partial charge in [-0.05, 0) is 18.9 Å². The number of halogens is 3. The maximum absolute atomic E-state index is 14.0.